The summed E-state index contributed by atoms with van der Waals surface area (Å²) in [5.74, 6) is 0. The minimum atomic E-state index is 0. The van der Waals surface area contributed by atoms with Crippen LogP contribution in [0.4, 0.5) is 5.69 Å². The van der Waals surface area contributed by atoms with Crippen molar-refractivity contribution in [3.8, 4) is 0 Å². The fraction of sp³-hybridized carbons (Fsp3) is 0. The number of hydrogen-bond donors (Lipinski definition) is 1. The van der Waals surface area contributed by atoms with Crippen molar-refractivity contribution >= 4 is 17.1 Å². The third kappa shape index (κ3) is 2.04. The molecule has 1 aromatic carbocycles. The topological polar surface area (TPSA) is 36.2 Å². The van der Waals surface area contributed by atoms with Gasteiger partial charge in [0.05, 0.1) is 17.1 Å². The number of rotatable bonds is 1. The van der Waals surface area contributed by atoms with Gasteiger partial charge in [-0.05, 0) is 36.4 Å². The molecule has 0 unspecified atom stereocenters. The van der Waals surface area contributed by atoms with Crippen LogP contribution in [0.15, 0.2) is 59.6 Å². The largest absolute Gasteiger partial charge is 1.00 e. The molecule has 0 heterocycles. The van der Waals surface area contributed by atoms with Gasteiger partial charge in [-0.25, -0.2) is 4.99 Å². The third-order valence-electron chi connectivity index (χ3n) is 1.88. The van der Waals surface area contributed by atoms with Gasteiger partial charge in [-0.15, -0.1) is 0 Å². The molecule has 2 heteroatoms. The number of benzene rings is 1. The molecule has 0 saturated heterocycles. The Morgan fingerprint density at radius 2 is 1.57 bits per heavy atom. The average Bonchev–Trinajstić information content (AvgIpc) is 2.23. The van der Waals surface area contributed by atoms with Crippen molar-refractivity contribution in [1.82, 2.24) is 0 Å². The van der Waals surface area contributed by atoms with E-state index in [4.69, 9.17) is 5.41 Å². The number of allylic oxidation sites excluding steroid dienone is 4. The van der Waals surface area contributed by atoms with Crippen LogP contribution in [0.3, 0.4) is 0 Å². The van der Waals surface area contributed by atoms with Gasteiger partial charge in [0.25, 0.3) is 0 Å². The molecular weight excluding hydrogens is 172 g/mol. The van der Waals surface area contributed by atoms with Gasteiger partial charge in [0.1, 0.15) is 0 Å². The highest BCUT2D eigenvalue weighted by Gasteiger charge is 1.96. The second-order valence-electron chi connectivity index (χ2n) is 2.99. The van der Waals surface area contributed by atoms with Crippen LogP contribution < -0.4 is 0 Å². The summed E-state index contributed by atoms with van der Waals surface area (Å²) in [4.78, 5) is 4.40. The summed E-state index contributed by atoms with van der Waals surface area (Å²) in [6, 6.07) is 9.78. The predicted octanol–water partition coefficient (Wildman–Crippen LogP) is 3.02. The number of nitrogens with zero attached hydrogens (tertiary/aromatic N) is 1. The fourth-order valence-corrected chi connectivity index (χ4v) is 1.19. The summed E-state index contributed by atoms with van der Waals surface area (Å²) in [6.07, 6.45) is 7.16. The molecule has 0 aromatic heterocycles. The Kier molecular flexibility index (Phi) is 2.36. The van der Waals surface area contributed by atoms with E-state index >= 15 is 0 Å². The van der Waals surface area contributed by atoms with Gasteiger partial charge >= 0.3 is 1.43 Å². The molecule has 0 spiro atoms. The first-order valence-electron chi connectivity index (χ1n) is 4.43. The van der Waals surface area contributed by atoms with Crippen molar-refractivity contribution in [3.05, 3.63) is 54.6 Å². The smallest absolute Gasteiger partial charge is 0.301 e. The molecule has 1 aliphatic rings. The molecule has 0 saturated carbocycles. The van der Waals surface area contributed by atoms with E-state index in [1.54, 1.807) is 12.2 Å². The number of nitrogens with one attached hydrogen (secondary N) is 1. The molecule has 0 atom stereocenters. The molecule has 68 valence electrons. The normalized spacial score (nSPS) is 14.6. The van der Waals surface area contributed by atoms with Crippen LogP contribution in [-0.4, -0.2) is 11.4 Å². The Morgan fingerprint density at radius 1 is 0.929 bits per heavy atom. The minimum Gasteiger partial charge on any atom is -0.301 e. The Morgan fingerprint density at radius 3 is 2.21 bits per heavy atom. The lowest BCUT2D eigenvalue weighted by Crippen LogP contribution is -1.97. The van der Waals surface area contributed by atoms with Crippen LogP contribution in [0.2, 0.25) is 0 Å². The van der Waals surface area contributed by atoms with Gasteiger partial charge in [0.15, 0.2) is 0 Å². The fourth-order valence-electron chi connectivity index (χ4n) is 1.19. The van der Waals surface area contributed by atoms with Crippen molar-refractivity contribution in [2.24, 2.45) is 4.99 Å². The van der Waals surface area contributed by atoms with Crippen molar-refractivity contribution in [1.29, 1.82) is 5.41 Å². The minimum absolute atomic E-state index is 0. The van der Waals surface area contributed by atoms with Gasteiger partial charge in [-0.1, -0.05) is 18.2 Å². The van der Waals surface area contributed by atoms with Crippen molar-refractivity contribution in [2.75, 3.05) is 0 Å². The van der Waals surface area contributed by atoms with E-state index in [0.29, 0.717) is 5.71 Å². The van der Waals surface area contributed by atoms with Crippen LogP contribution in [0.1, 0.15) is 1.43 Å². The Hall–Kier alpha value is -1.96. The standard InChI is InChI=1S/C12H10N2/c13-10-6-8-12(9-7-10)14-11-4-2-1-3-5-11/h1-9,13H/p+1. The summed E-state index contributed by atoms with van der Waals surface area (Å²) in [7, 11) is 0. The molecule has 2 rings (SSSR count). The number of hydrogen-bond acceptors (Lipinski definition) is 2. The molecule has 0 amide bonds. The molecule has 0 fully saturated rings. The average molecular weight is 183 g/mol. The summed E-state index contributed by atoms with van der Waals surface area (Å²) in [5, 5.41) is 7.33. The van der Waals surface area contributed by atoms with Gasteiger partial charge < -0.3 is 5.41 Å². The first-order chi connectivity index (χ1) is 6.84. The lowest BCUT2D eigenvalue weighted by Gasteiger charge is -2.00. The van der Waals surface area contributed by atoms with Crippen LogP contribution in [-0.2, 0) is 0 Å². The summed E-state index contributed by atoms with van der Waals surface area (Å²) in [6.45, 7) is 0. The lowest BCUT2D eigenvalue weighted by atomic mass is 10.1. The second kappa shape index (κ2) is 3.83. The summed E-state index contributed by atoms with van der Waals surface area (Å²) < 4.78 is 0. The number of aliphatic imine (C=N–C) groups is 1. The van der Waals surface area contributed by atoms with Crippen LogP contribution in [0.25, 0.3) is 0 Å². The SMILES string of the molecule is N=C1C=CC(=Nc2ccccc2)C=C1.[H+]. The van der Waals surface area contributed by atoms with E-state index in [-0.39, 0.29) is 1.43 Å². The van der Waals surface area contributed by atoms with Crippen molar-refractivity contribution < 1.29 is 1.43 Å². The Balaban J connectivity index is 0.00000112. The van der Waals surface area contributed by atoms with Gasteiger partial charge in [0.2, 0.25) is 0 Å². The zero-order valence-electron chi connectivity index (χ0n) is 8.64. The van der Waals surface area contributed by atoms with E-state index in [1.807, 2.05) is 42.5 Å². The summed E-state index contributed by atoms with van der Waals surface area (Å²) in [5.41, 5.74) is 2.33. The maximum Gasteiger partial charge on any atom is 1.00 e. The molecular formula is C12H11N2+. The van der Waals surface area contributed by atoms with Gasteiger partial charge in [-0.3, -0.25) is 0 Å². The van der Waals surface area contributed by atoms with Crippen LogP contribution >= 0.6 is 0 Å². The molecule has 14 heavy (non-hydrogen) atoms. The Bertz CT molecular complexity index is 412. The molecule has 1 N–H and O–H groups in total. The van der Waals surface area contributed by atoms with Crippen molar-refractivity contribution in [3.63, 3.8) is 0 Å². The van der Waals surface area contributed by atoms with E-state index in [9.17, 15) is 0 Å². The van der Waals surface area contributed by atoms with E-state index in [1.165, 1.54) is 0 Å². The second-order valence-corrected chi connectivity index (χ2v) is 2.99. The monoisotopic (exact) mass is 183 g/mol. The van der Waals surface area contributed by atoms with E-state index in [2.05, 4.69) is 4.99 Å². The van der Waals surface area contributed by atoms with Crippen LogP contribution in [0.5, 0.6) is 0 Å². The number of para-hydroxylation sites is 1. The van der Waals surface area contributed by atoms with Crippen LogP contribution in [0, 0.1) is 5.41 Å². The maximum absolute atomic E-state index is 7.33. The molecule has 0 bridgehead atoms. The quantitative estimate of drug-likeness (QED) is 0.650. The van der Waals surface area contributed by atoms with E-state index < -0.39 is 0 Å². The van der Waals surface area contributed by atoms with Gasteiger partial charge in [0, 0.05) is 0 Å². The molecule has 0 aliphatic heterocycles. The van der Waals surface area contributed by atoms with E-state index in [0.717, 1.165) is 11.4 Å². The highest BCUT2D eigenvalue weighted by Crippen LogP contribution is 2.11. The maximum atomic E-state index is 7.33. The first kappa shape index (κ1) is 8.63. The third-order valence-corrected chi connectivity index (χ3v) is 1.88. The van der Waals surface area contributed by atoms with Crippen molar-refractivity contribution in [2.45, 2.75) is 0 Å². The highest BCUT2D eigenvalue weighted by molar-refractivity contribution is 6.17. The summed E-state index contributed by atoms with van der Waals surface area (Å²) >= 11 is 0. The zero-order chi connectivity index (χ0) is 9.80. The first-order valence-corrected chi connectivity index (χ1v) is 4.43. The lowest BCUT2D eigenvalue weighted by molar-refractivity contribution is 1.50. The molecule has 0 radical (unpaired) electrons. The predicted molar refractivity (Wildman–Crippen MR) is 60.7 cm³/mol. The molecule has 1 aliphatic carbocycles. The zero-order valence-corrected chi connectivity index (χ0v) is 7.64. The molecule has 1 aromatic rings. The highest BCUT2D eigenvalue weighted by atomic mass is 14.7. The Labute approximate surface area is 84.3 Å². The van der Waals surface area contributed by atoms with Gasteiger partial charge in [-0.2, -0.15) is 0 Å². The molecule has 2 nitrogen and oxygen atoms in total.